The maximum absolute atomic E-state index is 12.9. The van der Waals surface area contributed by atoms with Crippen LogP contribution < -0.4 is 14.8 Å². The lowest BCUT2D eigenvalue weighted by molar-refractivity contribution is -0.123. The Bertz CT molecular complexity index is 1150. The summed E-state index contributed by atoms with van der Waals surface area (Å²) in [6.45, 7) is 9.90. The minimum Gasteiger partial charge on any atom is -0.490 e. The third-order valence-corrected chi connectivity index (χ3v) is 4.80. The molecule has 3 amide bonds. The van der Waals surface area contributed by atoms with E-state index in [0.29, 0.717) is 36.7 Å². The third-order valence-electron chi connectivity index (χ3n) is 4.80. The van der Waals surface area contributed by atoms with Crippen LogP contribution in [0.4, 0.5) is 4.79 Å². The molecule has 0 radical (unpaired) electrons. The molecule has 9 nitrogen and oxygen atoms in total. The van der Waals surface area contributed by atoms with Crippen LogP contribution in [0.25, 0.3) is 6.08 Å². The fourth-order valence-corrected chi connectivity index (χ4v) is 3.35. The summed E-state index contributed by atoms with van der Waals surface area (Å²) >= 11 is 0. The van der Waals surface area contributed by atoms with Crippen molar-refractivity contribution in [2.75, 3.05) is 20.3 Å². The highest BCUT2D eigenvalue weighted by atomic mass is 16.5. The fourth-order valence-electron chi connectivity index (χ4n) is 3.35. The van der Waals surface area contributed by atoms with E-state index in [9.17, 15) is 14.4 Å². The van der Waals surface area contributed by atoms with Crippen molar-refractivity contribution in [3.8, 4) is 11.5 Å². The minimum atomic E-state index is -0.648. The Morgan fingerprint density at radius 2 is 1.97 bits per heavy atom. The maximum Gasteiger partial charge on any atom is 0.373 e. The van der Waals surface area contributed by atoms with E-state index in [4.69, 9.17) is 13.9 Å². The molecular weight excluding hydrogens is 440 g/mol. The van der Waals surface area contributed by atoms with Gasteiger partial charge in [-0.05, 0) is 49.2 Å². The number of hydrogen-bond acceptors (Lipinski definition) is 7. The number of rotatable bonds is 11. The molecule has 1 N–H and O–H groups in total. The Balaban J connectivity index is 1.88. The fraction of sp³-hybridized carbons (Fsp3) is 0.240. The second-order valence-corrected chi connectivity index (χ2v) is 7.17. The van der Waals surface area contributed by atoms with Gasteiger partial charge in [-0.2, -0.15) is 0 Å². The molecule has 1 aromatic carbocycles. The first-order valence-electron chi connectivity index (χ1n) is 10.6. The summed E-state index contributed by atoms with van der Waals surface area (Å²) in [7, 11) is 1.23. The number of furan rings is 1. The maximum atomic E-state index is 12.9. The van der Waals surface area contributed by atoms with E-state index < -0.39 is 17.9 Å². The van der Waals surface area contributed by atoms with Gasteiger partial charge in [0.2, 0.25) is 5.76 Å². The van der Waals surface area contributed by atoms with Gasteiger partial charge in [-0.1, -0.05) is 18.7 Å². The molecular formula is C25H26N2O7. The lowest BCUT2D eigenvalue weighted by Crippen LogP contribution is -2.30. The summed E-state index contributed by atoms with van der Waals surface area (Å²) in [4.78, 5) is 37.9. The van der Waals surface area contributed by atoms with Crippen LogP contribution in [-0.4, -0.2) is 43.1 Å². The summed E-state index contributed by atoms with van der Waals surface area (Å²) in [6.07, 6.45) is 5.45. The largest absolute Gasteiger partial charge is 0.490 e. The van der Waals surface area contributed by atoms with Crippen LogP contribution >= 0.6 is 0 Å². The number of nitrogens with one attached hydrogen (secondary N) is 1. The van der Waals surface area contributed by atoms with Crippen molar-refractivity contribution in [3.63, 3.8) is 0 Å². The average molecular weight is 466 g/mol. The van der Waals surface area contributed by atoms with Crippen molar-refractivity contribution in [2.24, 2.45) is 0 Å². The van der Waals surface area contributed by atoms with Gasteiger partial charge in [0.1, 0.15) is 18.1 Å². The van der Waals surface area contributed by atoms with Crippen LogP contribution in [0.3, 0.4) is 0 Å². The molecule has 0 bridgehead atoms. The molecule has 0 aliphatic carbocycles. The number of esters is 1. The summed E-state index contributed by atoms with van der Waals surface area (Å²) < 4.78 is 21.5. The Labute approximate surface area is 197 Å². The number of methoxy groups -OCH3 is 1. The molecule has 9 heteroatoms. The normalized spacial score (nSPS) is 14.2. The molecule has 2 heterocycles. The van der Waals surface area contributed by atoms with Gasteiger partial charge in [-0.3, -0.25) is 9.69 Å². The van der Waals surface area contributed by atoms with Crippen LogP contribution in [0, 0.1) is 0 Å². The molecule has 178 valence electrons. The SMILES string of the molecule is C=CCOc1c(CC=C)cc(C=C2NC(=O)N(Cc3ccc(C(=O)OC)o3)C2=O)cc1OCC. The van der Waals surface area contributed by atoms with Crippen molar-refractivity contribution in [3.05, 3.63) is 77.9 Å². The minimum absolute atomic E-state index is 0.0164. The molecule has 1 aliphatic heterocycles. The second-order valence-electron chi connectivity index (χ2n) is 7.17. The van der Waals surface area contributed by atoms with Crippen LogP contribution in [-0.2, 0) is 22.5 Å². The van der Waals surface area contributed by atoms with Crippen molar-refractivity contribution in [1.82, 2.24) is 10.2 Å². The zero-order valence-corrected chi connectivity index (χ0v) is 19.1. The van der Waals surface area contributed by atoms with Crippen molar-refractivity contribution < 1.29 is 33.0 Å². The molecule has 34 heavy (non-hydrogen) atoms. The van der Waals surface area contributed by atoms with E-state index in [1.165, 1.54) is 19.2 Å². The molecule has 0 atom stereocenters. The van der Waals surface area contributed by atoms with Crippen LogP contribution in [0.1, 0.15) is 34.4 Å². The van der Waals surface area contributed by atoms with E-state index in [0.717, 1.165) is 10.5 Å². The molecule has 3 rings (SSSR count). The second kappa shape index (κ2) is 11.0. The number of allylic oxidation sites excluding steroid dienone is 1. The van der Waals surface area contributed by atoms with Gasteiger partial charge in [0.25, 0.3) is 5.91 Å². The number of nitrogens with zero attached hydrogens (tertiary/aromatic N) is 1. The molecule has 0 saturated carbocycles. The van der Waals surface area contributed by atoms with Gasteiger partial charge in [0, 0.05) is 5.56 Å². The van der Waals surface area contributed by atoms with Gasteiger partial charge in [0.05, 0.1) is 20.3 Å². The molecule has 2 aromatic rings. The highest BCUT2D eigenvalue weighted by molar-refractivity contribution is 6.13. The predicted octanol–water partition coefficient (Wildman–Crippen LogP) is 3.85. The monoisotopic (exact) mass is 466 g/mol. The van der Waals surface area contributed by atoms with E-state index in [2.05, 4.69) is 23.2 Å². The first kappa shape index (κ1) is 24.4. The number of imide groups is 1. The molecule has 1 aliphatic rings. The van der Waals surface area contributed by atoms with Crippen molar-refractivity contribution >= 4 is 24.0 Å². The highest BCUT2D eigenvalue weighted by Gasteiger charge is 2.34. The number of ether oxygens (including phenoxy) is 3. The first-order chi connectivity index (χ1) is 16.4. The quantitative estimate of drug-likeness (QED) is 0.232. The summed E-state index contributed by atoms with van der Waals surface area (Å²) in [5.41, 5.74) is 1.55. The predicted molar refractivity (Wildman–Crippen MR) is 124 cm³/mol. The van der Waals surface area contributed by atoms with Crippen molar-refractivity contribution in [1.29, 1.82) is 0 Å². The van der Waals surface area contributed by atoms with Crippen molar-refractivity contribution in [2.45, 2.75) is 19.9 Å². The summed E-state index contributed by atoms with van der Waals surface area (Å²) in [6, 6.07) is 5.90. The summed E-state index contributed by atoms with van der Waals surface area (Å²) in [5.74, 6) is 0.154. The number of urea groups is 1. The third kappa shape index (κ3) is 5.37. The highest BCUT2D eigenvalue weighted by Crippen LogP contribution is 2.35. The average Bonchev–Trinajstić information content (AvgIpc) is 3.39. The van der Waals surface area contributed by atoms with Gasteiger partial charge in [-0.15, -0.1) is 6.58 Å². The standard InChI is InChI=1S/C25H26N2O7/c1-5-8-17-12-16(14-21(32-7-3)22(17)33-11-6-2)13-19-23(28)27(25(30)26-19)15-18-9-10-20(34-18)24(29)31-4/h5-6,9-10,12-14H,1-2,7-8,11,15H2,3-4H3,(H,26,30). The lowest BCUT2D eigenvalue weighted by atomic mass is 10.0. The Kier molecular flexibility index (Phi) is 7.92. The molecule has 1 fully saturated rings. The molecule has 1 saturated heterocycles. The van der Waals surface area contributed by atoms with E-state index in [-0.39, 0.29) is 23.8 Å². The number of hydrogen-bond donors (Lipinski definition) is 1. The van der Waals surface area contributed by atoms with Gasteiger partial charge in [-0.25, -0.2) is 9.59 Å². The van der Waals surface area contributed by atoms with Crippen LogP contribution in [0.5, 0.6) is 11.5 Å². The Morgan fingerprint density at radius 3 is 2.65 bits per heavy atom. The van der Waals surface area contributed by atoms with E-state index in [1.54, 1.807) is 24.3 Å². The number of carbonyl (C=O) groups is 3. The molecule has 1 aromatic heterocycles. The lowest BCUT2D eigenvalue weighted by Gasteiger charge is -2.16. The number of benzene rings is 1. The smallest absolute Gasteiger partial charge is 0.373 e. The van der Waals surface area contributed by atoms with E-state index in [1.807, 2.05) is 13.0 Å². The number of amides is 3. The van der Waals surface area contributed by atoms with Gasteiger partial charge < -0.3 is 23.9 Å². The first-order valence-corrected chi connectivity index (χ1v) is 10.6. The van der Waals surface area contributed by atoms with Gasteiger partial charge in [0.15, 0.2) is 11.5 Å². The molecule has 0 unspecified atom stereocenters. The van der Waals surface area contributed by atoms with Crippen LogP contribution in [0.2, 0.25) is 0 Å². The summed E-state index contributed by atoms with van der Waals surface area (Å²) in [5, 5.41) is 2.57. The van der Waals surface area contributed by atoms with Gasteiger partial charge >= 0.3 is 12.0 Å². The topological polar surface area (TPSA) is 107 Å². The Morgan fingerprint density at radius 1 is 1.18 bits per heavy atom. The zero-order chi connectivity index (χ0) is 24.7. The van der Waals surface area contributed by atoms with E-state index >= 15 is 0 Å². The van der Waals surface area contributed by atoms with Crippen LogP contribution in [0.15, 0.2) is 59.7 Å². The zero-order valence-electron chi connectivity index (χ0n) is 19.1. The molecule has 0 spiro atoms. The number of carbonyl (C=O) groups excluding carboxylic acids is 3. The Hall–Kier alpha value is -4.27.